The molecule has 0 spiro atoms. The van der Waals surface area contributed by atoms with Crippen LogP contribution in [0.4, 0.5) is 20.2 Å². The average Bonchev–Trinajstić information content (AvgIpc) is 2.51. The number of hydrogen-bond acceptors (Lipinski definition) is 6. The largest absolute Gasteiger partial charge is 0.225 e. The lowest BCUT2D eigenvalue weighted by Crippen LogP contribution is -2.06. The minimum Gasteiger partial charge on any atom is -0.225 e. The summed E-state index contributed by atoms with van der Waals surface area (Å²) in [6.07, 6.45) is 0. The number of hydrogen-bond donors (Lipinski definition) is 0. The van der Waals surface area contributed by atoms with Crippen LogP contribution in [0.25, 0.3) is 0 Å². The number of sulfone groups is 1. The lowest BCUT2D eigenvalue weighted by Gasteiger charge is -1.97. The van der Waals surface area contributed by atoms with Crippen molar-refractivity contribution in [3.8, 4) is 0 Å². The predicted molar refractivity (Wildman–Crippen MR) is 80.5 cm³/mol. The average molecular weight is 338 g/mol. The van der Waals surface area contributed by atoms with Gasteiger partial charge >= 0.3 is 0 Å². The van der Waals surface area contributed by atoms with Crippen LogP contribution in [0.15, 0.2) is 69.0 Å². The summed E-state index contributed by atoms with van der Waals surface area (Å²) in [6.45, 7) is 0. The van der Waals surface area contributed by atoms with Crippen LogP contribution in [-0.4, -0.2) is 20.2 Å². The van der Waals surface area contributed by atoms with E-state index in [9.17, 15) is 17.2 Å². The van der Waals surface area contributed by atoms with E-state index in [1.165, 1.54) is 36.4 Å². The Morgan fingerprint density at radius 1 is 0.739 bits per heavy atom. The molecule has 23 heavy (non-hydrogen) atoms. The number of halogens is 2. The van der Waals surface area contributed by atoms with E-state index in [2.05, 4.69) is 20.5 Å². The Bertz CT molecular complexity index is 775. The van der Waals surface area contributed by atoms with Crippen LogP contribution in [0.3, 0.4) is 0 Å². The van der Waals surface area contributed by atoms with E-state index in [-0.39, 0.29) is 11.4 Å². The Hall–Kier alpha value is -2.55. The maximum Gasteiger partial charge on any atom is 0.194 e. The van der Waals surface area contributed by atoms with Crippen LogP contribution < -0.4 is 0 Å². The van der Waals surface area contributed by atoms with Crippen molar-refractivity contribution in [1.29, 1.82) is 0 Å². The molecule has 0 N–H and O–H groups in total. The molecule has 9 heteroatoms. The molecule has 0 aliphatic rings. The van der Waals surface area contributed by atoms with Gasteiger partial charge in [-0.2, -0.15) is 20.5 Å². The standard InChI is InChI=1S/C14H12F2N4O2S/c15-11-5-1-3-7-13(11)19-17-9-23(21,22)10-18-20-14-8-4-2-6-12(14)16/h1-8H,9-10H2. The third-order valence-corrected chi connectivity index (χ3v) is 3.59. The lowest BCUT2D eigenvalue weighted by atomic mass is 10.3. The summed E-state index contributed by atoms with van der Waals surface area (Å²) in [7, 11) is -3.71. The number of rotatable bonds is 6. The fraction of sp³-hybridized carbons (Fsp3) is 0.143. The Labute approximate surface area is 131 Å². The molecule has 2 aromatic rings. The highest BCUT2D eigenvalue weighted by atomic mass is 32.2. The molecule has 120 valence electrons. The fourth-order valence-electron chi connectivity index (χ4n) is 1.49. The Morgan fingerprint density at radius 2 is 1.13 bits per heavy atom. The van der Waals surface area contributed by atoms with Crippen molar-refractivity contribution in [3.63, 3.8) is 0 Å². The van der Waals surface area contributed by atoms with Gasteiger partial charge in [0.25, 0.3) is 0 Å². The van der Waals surface area contributed by atoms with Crippen LogP contribution in [0.5, 0.6) is 0 Å². The van der Waals surface area contributed by atoms with Gasteiger partial charge in [-0.3, -0.25) is 0 Å². The lowest BCUT2D eigenvalue weighted by molar-refractivity contribution is 0.593. The molecule has 6 nitrogen and oxygen atoms in total. The Kier molecular flexibility index (Phi) is 5.58. The third-order valence-electron chi connectivity index (χ3n) is 2.57. The van der Waals surface area contributed by atoms with Crippen molar-refractivity contribution in [2.24, 2.45) is 20.5 Å². The molecule has 0 bridgehead atoms. The number of nitrogens with zero attached hydrogens (tertiary/aromatic N) is 4. The summed E-state index contributed by atoms with van der Waals surface area (Å²) in [5, 5.41) is 13.9. The minimum absolute atomic E-state index is 0.0596. The smallest absolute Gasteiger partial charge is 0.194 e. The molecule has 0 unspecified atom stereocenters. The molecule has 2 rings (SSSR count). The van der Waals surface area contributed by atoms with Gasteiger partial charge in [0.05, 0.1) is 0 Å². The minimum atomic E-state index is -3.71. The van der Waals surface area contributed by atoms with Gasteiger partial charge in [0.1, 0.15) is 11.4 Å². The van der Waals surface area contributed by atoms with E-state index in [4.69, 9.17) is 0 Å². The molecule has 2 aromatic carbocycles. The van der Waals surface area contributed by atoms with Gasteiger partial charge in [-0.1, -0.05) is 24.3 Å². The zero-order chi connectivity index (χ0) is 16.7. The summed E-state index contributed by atoms with van der Waals surface area (Å²) in [5.41, 5.74) is -0.119. The SMILES string of the molecule is O=S(=O)(CN=Nc1ccccc1F)CN=Nc1ccccc1F. The monoisotopic (exact) mass is 338 g/mol. The van der Waals surface area contributed by atoms with Crippen molar-refractivity contribution in [3.05, 3.63) is 60.2 Å². The second kappa shape index (κ2) is 7.63. The molecule has 0 atom stereocenters. The molecule has 0 heterocycles. The Morgan fingerprint density at radius 3 is 1.52 bits per heavy atom. The van der Waals surface area contributed by atoms with Crippen molar-refractivity contribution in [1.82, 2.24) is 0 Å². The topological polar surface area (TPSA) is 83.6 Å². The van der Waals surface area contributed by atoms with E-state index < -0.39 is 33.2 Å². The van der Waals surface area contributed by atoms with Gasteiger partial charge in [-0.15, -0.1) is 0 Å². The van der Waals surface area contributed by atoms with Crippen molar-refractivity contribution in [2.45, 2.75) is 0 Å². The first-order chi connectivity index (χ1) is 11.0. The van der Waals surface area contributed by atoms with Crippen LogP contribution in [0, 0.1) is 11.6 Å². The van der Waals surface area contributed by atoms with Crippen LogP contribution in [-0.2, 0) is 9.84 Å². The highest BCUT2D eigenvalue weighted by Crippen LogP contribution is 2.18. The number of benzene rings is 2. The third kappa shape index (κ3) is 5.29. The molecular formula is C14H12F2N4O2S. The van der Waals surface area contributed by atoms with Gasteiger partial charge in [0.15, 0.2) is 33.2 Å². The predicted octanol–water partition coefficient (Wildman–Crippen LogP) is 4.16. The van der Waals surface area contributed by atoms with Gasteiger partial charge in [-0.05, 0) is 24.3 Å². The molecule has 0 saturated carbocycles. The van der Waals surface area contributed by atoms with Crippen molar-refractivity contribution < 1.29 is 17.2 Å². The first-order valence-corrected chi connectivity index (χ1v) is 8.24. The van der Waals surface area contributed by atoms with E-state index >= 15 is 0 Å². The molecule has 0 aromatic heterocycles. The fourth-order valence-corrected chi connectivity index (χ4v) is 2.04. The summed E-state index contributed by atoms with van der Waals surface area (Å²) < 4.78 is 49.9. The maximum absolute atomic E-state index is 13.3. The highest BCUT2D eigenvalue weighted by Gasteiger charge is 2.09. The van der Waals surface area contributed by atoms with Crippen LogP contribution in [0.2, 0.25) is 0 Å². The molecular weight excluding hydrogens is 326 g/mol. The summed E-state index contributed by atoms with van der Waals surface area (Å²) in [4.78, 5) is 0. The second-order valence-corrected chi connectivity index (χ2v) is 6.39. The first-order valence-electron chi connectivity index (χ1n) is 6.42. The van der Waals surface area contributed by atoms with Crippen LogP contribution in [0.1, 0.15) is 0 Å². The molecule has 0 amide bonds. The quantitative estimate of drug-likeness (QED) is 0.741. The highest BCUT2D eigenvalue weighted by molar-refractivity contribution is 7.91. The summed E-state index contributed by atoms with van der Waals surface area (Å²) in [5.74, 6) is -2.55. The number of azo groups is 2. The molecule has 0 aliphatic carbocycles. The van der Waals surface area contributed by atoms with E-state index in [1.54, 1.807) is 12.1 Å². The van der Waals surface area contributed by atoms with E-state index in [1.807, 2.05) is 0 Å². The zero-order valence-corrected chi connectivity index (χ0v) is 12.6. The molecule has 0 radical (unpaired) electrons. The molecule has 0 fully saturated rings. The second-order valence-electron chi connectivity index (χ2n) is 4.39. The van der Waals surface area contributed by atoms with Gasteiger partial charge in [-0.25, -0.2) is 17.2 Å². The summed E-state index contributed by atoms with van der Waals surface area (Å²) in [6, 6.07) is 11.2. The molecule has 0 saturated heterocycles. The van der Waals surface area contributed by atoms with E-state index in [0.717, 1.165) is 0 Å². The Balaban J connectivity index is 1.95. The van der Waals surface area contributed by atoms with Gasteiger partial charge in [0.2, 0.25) is 0 Å². The first kappa shape index (κ1) is 16.8. The van der Waals surface area contributed by atoms with Gasteiger partial charge in [0, 0.05) is 0 Å². The van der Waals surface area contributed by atoms with Crippen LogP contribution >= 0.6 is 0 Å². The molecule has 0 aliphatic heterocycles. The van der Waals surface area contributed by atoms with Crippen molar-refractivity contribution >= 4 is 21.2 Å². The van der Waals surface area contributed by atoms with E-state index in [0.29, 0.717) is 0 Å². The van der Waals surface area contributed by atoms with Crippen molar-refractivity contribution in [2.75, 3.05) is 11.8 Å². The zero-order valence-electron chi connectivity index (χ0n) is 11.8. The van der Waals surface area contributed by atoms with Gasteiger partial charge < -0.3 is 0 Å². The normalized spacial score (nSPS) is 12.3. The maximum atomic E-state index is 13.3. The summed E-state index contributed by atoms with van der Waals surface area (Å²) >= 11 is 0.